The lowest BCUT2D eigenvalue weighted by atomic mass is 10.2. The largest absolute Gasteiger partial charge is 0.416 e. The summed E-state index contributed by atoms with van der Waals surface area (Å²) < 4.78 is 36.2. The van der Waals surface area contributed by atoms with E-state index in [2.05, 4.69) is 10.2 Å². The number of alkyl halides is 3. The third kappa shape index (κ3) is 2.50. The minimum Gasteiger partial charge on any atom is -0.259 e. The van der Waals surface area contributed by atoms with E-state index < -0.39 is 11.7 Å². The highest BCUT2D eigenvalue weighted by molar-refractivity contribution is 5.19. The van der Waals surface area contributed by atoms with Crippen LogP contribution in [0.15, 0.2) is 23.5 Å². The van der Waals surface area contributed by atoms with Gasteiger partial charge < -0.3 is 0 Å². The van der Waals surface area contributed by atoms with Crippen LogP contribution in [0, 0.1) is 4.91 Å². The van der Waals surface area contributed by atoms with E-state index in [1.165, 1.54) is 0 Å². The summed E-state index contributed by atoms with van der Waals surface area (Å²) in [6.07, 6.45) is -3.40. The molecule has 0 radical (unpaired) electrons. The van der Waals surface area contributed by atoms with Gasteiger partial charge in [-0.2, -0.15) is 18.1 Å². The molecule has 1 aromatic rings. The Labute approximate surface area is 71.6 Å². The van der Waals surface area contributed by atoms with Crippen molar-refractivity contribution in [3.05, 3.63) is 34.5 Å². The Morgan fingerprint density at radius 3 is 2.69 bits per heavy atom. The lowest BCUT2D eigenvalue weighted by Crippen LogP contribution is -2.05. The van der Waals surface area contributed by atoms with E-state index in [0.29, 0.717) is 0 Å². The number of nitroso groups, excluding NO2 is 1. The molecule has 0 N–H and O–H groups in total. The maximum absolute atomic E-state index is 12.1. The van der Waals surface area contributed by atoms with Crippen LogP contribution in [0.3, 0.4) is 0 Å². The summed E-state index contributed by atoms with van der Waals surface area (Å²) in [4.78, 5) is 13.3. The smallest absolute Gasteiger partial charge is 0.259 e. The molecule has 6 heteroatoms. The van der Waals surface area contributed by atoms with Gasteiger partial charge in [-0.25, -0.2) is 0 Å². The van der Waals surface area contributed by atoms with Gasteiger partial charge >= 0.3 is 6.18 Å². The second-order valence-electron chi connectivity index (χ2n) is 2.32. The third-order valence-electron chi connectivity index (χ3n) is 1.37. The lowest BCUT2D eigenvalue weighted by Gasteiger charge is -2.05. The fourth-order valence-electron chi connectivity index (χ4n) is 0.807. The van der Waals surface area contributed by atoms with Gasteiger partial charge in [-0.3, -0.25) is 4.98 Å². The Morgan fingerprint density at radius 2 is 2.15 bits per heavy atom. The van der Waals surface area contributed by atoms with Crippen LogP contribution in [0.5, 0.6) is 0 Å². The van der Waals surface area contributed by atoms with Crippen LogP contribution in [0.25, 0.3) is 0 Å². The molecule has 0 aromatic carbocycles. The molecule has 0 spiro atoms. The summed E-state index contributed by atoms with van der Waals surface area (Å²) >= 11 is 0. The van der Waals surface area contributed by atoms with E-state index in [-0.39, 0.29) is 12.2 Å². The van der Waals surface area contributed by atoms with E-state index in [1.54, 1.807) is 0 Å². The lowest BCUT2D eigenvalue weighted by molar-refractivity contribution is -0.137. The summed E-state index contributed by atoms with van der Waals surface area (Å²) in [6, 6.07) is 1.65. The second kappa shape index (κ2) is 3.51. The molecule has 13 heavy (non-hydrogen) atoms. The van der Waals surface area contributed by atoms with Gasteiger partial charge in [0.05, 0.1) is 11.3 Å². The van der Waals surface area contributed by atoms with Gasteiger partial charge in [0.15, 0.2) is 0 Å². The highest BCUT2D eigenvalue weighted by Crippen LogP contribution is 2.28. The van der Waals surface area contributed by atoms with Crippen LogP contribution >= 0.6 is 0 Å². The number of halogens is 3. The normalized spacial score (nSPS) is 11.3. The Morgan fingerprint density at radius 1 is 1.46 bits per heavy atom. The van der Waals surface area contributed by atoms with Crippen molar-refractivity contribution in [3.63, 3.8) is 0 Å². The molecule has 1 rings (SSSR count). The molecule has 1 aromatic heterocycles. The Bertz CT molecular complexity index is 311. The zero-order valence-corrected chi connectivity index (χ0v) is 6.38. The number of rotatable bonds is 2. The molecule has 0 amide bonds. The average Bonchev–Trinajstić information content (AvgIpc) is 2.04. The molecule has 0 aliphatic rings. The zero-order valence-electron chi connectivity index (χ0n) is 6.38. The van der Waals surface area contributed by atoms with E-state index in [1.807, 2.05) is 0 Å². The van der Waals surface area contributed by atoms with Crippen LogP contribution in [0.4, 0.5) is 13.2 Å². The van der Waals surface area contributed by atoms with Crippen LogP contribution in [-0.2, 0) is 12.7 Å². The van der Waals surface area contributed by atoms with E-state index in [9.17, 15) is 18.1 Å². The minimum atomic E-state index is -4.40. The summed E-state index contributed by atoms with van der Waals surface area (Å²) in [7, 11) is 0. The van der Waals surface area contributed by atoms with Gasteiger partial charge in [0.25, 0.3) is 0 Å². The molecule has 0 aliphatic heterocycles. The molecule has 70 valence electrons. The Hall–Kier alpha value is -1.46. The molecule has 0 fully saturated rings. The molecule has 0 bridgehead atoms. The fraction of sp³-hybridized carbons (Fsp3) is 0.286. The fourth-order valence-corrected chi connectivity index (χ4v) is 0.807. The standard InChI is InChI=1S/C7H5F3N2O/c8-7(9,10)5-1-2-11-6(3-5)4-12-13/h1-3H,4H2. The first-order valence-electron chi connectivity index (χ1n) is 3.35. The summed E-state index contributed by atoms with van der Waals surface area (Å²) in [5.41, 5.74) is -0.800. The predicted molar refractivity (Wildman–Crippen MR) is 38.7 cm³/mol. The maximum Gasteiger partial charge on any atom is 0.416 e. The number of pyridine rings is 1. The molecule has 0 unspecified atom stereocenters. The topological polar surface area (TPSA) is 42.3 Å². The van der Waals surface area contributed by atoms with E-state index >= 15 is 0 Å². The van der Waals surface area contributed by atoms with Crippen molar-refractivity contribution in [2.45, 2.75) is 12.7 Å². The van der Waals surface area contributed by atoms with Crippen molar-refractivity contribution >= 4 is 0 Å². The molecule has 3 nitrogen and oxygen atoms in total. The van der Waals surface area contributed by atoms with Crippen molar-refractivity contribution < 1.29 is 13.2 Å². The van der Waals surface area contributed by atoms with Crippen molar-refractivity contribution in [1.82, 2.24) is 4.98 Å². The highest BCUT2D eigenvalue weighted by atomic mass is 19.4. The third-order valence-corrected chi connectivity index (χ3v) is 1.37. The molecular weight excluding hydrogens is 185 g/mol. The average molecular weight is 190 g/mol. The van der Waals surface area contributed by atoms with Crippen molar-refractivity contribution in [2.24, 2.45) is 5.18 Å². The molecule has 0 aliphatic carbocycles. The van der Waals surface area contributed by atoms with E-state index in [4.69, 9.17) is 0 Å². The quantitative estimate of drug-likeness (QED) is 0.671. The van der Waals surface area contributed by atoms with Crippen molar-refractivity contribution in [1.29, 1.82) is 0 Å². The number of hydrogen-bond donors (Lipinski definition) is 0. The van der Waals surface area contributed by atoms with Gasteiger partial charge in [0.2, 0.25) is 0 Å². The zero-order chi connectivity index (χ0) is 9.90. The SMILES string of the molecule is O=NCc1cc(C(F)(F)F)ccn1. The highest BCUT2D eigenvalue weighted by Gasteiger charge is 2.30. The van der Waals surface area contributed by atoms with E-state index in [0.717, 1.165) is 18.3 Å². The van der Waals surface area contributed by atoms with Crippen LogP contribution in [0.2, 0.25) is 0 Å². The van der Waals surface area contributed by atoms with Crippen LogP contribution in [-0.4, -0.2) is 4.98 Å². The molecule has 0 atom stereocenters. The predicted octanol–water partition coefficient (Wildman–Crippen LogP) is 2.37. The summed E-state index contributed by atoms with van der Waals surface area (Å²) in [5.74, 6) is 0. The number of aromatic nitrogens is 1. The monoisotopic (exact) mass is 190 g/mol. The molecular formula is C7H5F3N2O. The second-order valence-corrected chi connectivity index (χ2v) is 2.32. The number of nitrogens with zero attached hydrogens (tertiary/aromatic N) is 2. The van der Waals surface area contributed by atoms with Gasteiger partial charge in [-0.1, -0.05) is 5.18 Å². The maximum atomic E-state index is 12.1. The molecule has 1 heterocycles. The molecule has 0 saturated heterocycles. The Balaban J connectivity index is 2.98. The molecule has 0 saturated carbocycles. The van der Waals surface area contributed by atoms with Gasteiger partial charge in [0, 0.05) is 6.20 Å². The first-order valence-corrected chi connectivity index (χ1v) is 3.35. The first kappa shape index (κ1) is 9.63. The number of hydrogen-bond acceptors (Lipinski definition) is 3. The van der Waals surface area contributed by atoms with Crippen molar-refractivity contribution in [3.8, 4) is 0 Å². The van der Waals surface area contributed by atoms with Gasteiger partial charge in [-0.05, 0) is 12.1 Å². The van der Waals surface area contributed by atoms with Gasteiger partial charge in [0.1, 0.15) is 6.54 Å². The Kier molecular flexibility index (Phi) is 2.60. The van der Waals surface area contributed by atoms with Crippen molar-refractivity contribution in [2.75, 3.05) is 0 Å². The first-order chi connectivity index (χ1) is 6.04. The van der Waals surface area contributed by atoms with Crippen LogP contribution < -0.4 is 0 Å². The van der Waals surface area contributed by atoms with Gasteiger partial charge in [-0.15, -0.1) is 0 Å². The summed E-state index contributed by atoms with van der Waals surface area (Å²) in [6.45, 7) is -0.343. The minimum absolute atomic E-state index is 0.0184. The van der Waals surface area contributed by atoms with Crippen LogP contribution in [0.1, 0.15) is 11.3 Å². The summed E-state index contributed by atoms with van der Waals surface area (Å²) in [5, 5.41) is 2.45.